The molecule has 0 aliphatic rings. The van der Waals surface area contributed by atoms with Crippen molar-refractivity contribution in [3.8, 4) is 11.5 Å². The molecule has 2 aromatic rings. The fourth-order valence-electron chi connectivity index (χ4n) is 2.35. The predicted octanol–water partition coefficient (Wildman–Crippen LogP) is 4.86. The molecule has 0 radical (unpaired) electrons. The van der Waals surface area contributed by atoms with Crippen molar-refractivity contribution in [2.45, 2.75) is 20.8 Å². The number of hydrazone groups is 1. The van der Waals surface area contributed by atoms with Crippen LogP contribution < -0.4 is 14.5 Å². The lowest BCUT2D eigenvalue weighted by Crippen LogP contribution is -2.26. The van der Waals surface area contributed by atoms with Crippen molar-refractivity contribution in [3.63, 3.8) is 0 Å². The highest BCUT2D eigenvalue weighted by atomic mass is 79.9. The topological polar surface area (TPSA) is 68.2 Å². The van der Waals surface area contributed by atoms with Crippen LogP contribution in [0.25, 0.3) is 0 Å². The molecule has 2 rings (SSSR count). The van der Waals surface area contributed by atoms with E-state index < -0.39 is 46.6 Å². The van der Waals surface area contributed by atoms with Crippen LogP contribution in [0.3, 0.4) is 0 Å². The van der Waals surface area contributed by atoms with Crippen molar-refractivity contribution in [1.29, 1.82) is 0 Å². The Morgan fingerprint density at radius 1 is 1.00 bits per heavy atom. The van der Waals surface area contributed by atoms with Gasteiger partial charge in [0.05, 0.1) is 12.8 Å². The maximum atomic E-state index is 14.1. The highest BCUT2D eigenvalue weighted by molar-refractivity contribution is 9.10. The number of ether oxygens (including phenoxy) is 2. The number of rotatable bonds is 6. The molecule has 0 fully saturated rings. The fourth-order valence-corrected chi connectivity index (χ4v) is 2.77. The summed E-state index contributed by atoms with van der Waals surface area (Å²) in [6.07, 6.45) is 0.920. The second-order valence-corrected chi connectivity index (χ2v) is 6.70. The van der Waals surface area contributed by atoms with Gasteiger partial charge in [0.15, 0.2) is 34.8 Å². The predicted molar refractivity (Wildman–Crippen MR) is 104 cm³/mol. The van der Waals surface area contributed by atoms with Crippen LogP contribution >= 0.6 is 15.9 Å². The summed E-state index contributed by atoms with van der Waals surface area (Å²) in [6, 6.07) is 2.66. The van der Waals surface area contributed by atoms with Gasteiger partial charge in [0.1, 0.15) is 5.69 Å². The number of hydrogen-bond acceptors (Lipinski definition) is 5. The van der Waals surface area contributed by atoms with Crippen molar-refractivity contribution in [2.24, 2.45) is 5.10 Å². The molecule has 6 nitrogen and oxygen atoms in total. The Bertz CT molecular complexity index is 1050. The normalized spacial score (nSPS) is 11.0. The summed E-state index contributed by atoms with van der Waals surface area (Å²) in [5, 5.41) is 3.61. The minimum absolute atomic E-state index is 0.0308. The lowest BCUT2D eigenvalue weighted by atomic mass is 10.2. The quantitative estimate of drug-likeness (QED) is 0.106. The zero-order valence-corrected chi connectivity index (χ0v) is 17.8. The van der Waals surface area contributed by atoms with E-state index in [-0.39, 0.29) is 33.2 Å². The molecule has 0 aromatic heterocycles. The highest BCUT2D eigenvalue weighted by Gasteiger charge is 2.30. The van der Waals surface area contributed by atoms with E-state index in [9.17, 15) is 31.5 Å². The van der Waals surface area contributed by atoms with Crippen LogP contribution in [0.1, 0.15) is 26.3 Å². The minimum Gasteiger partial charge on any atom is -0.490 e. The molecule has 0 saturated carbocycles. The van der Waals surface area contributed by atoms with Gasteiger partial charge in [-0.3, -0.25) is 9.59 Å². The van der Waals surface area contributed by atoms with Gasteiger partial charge < -0.3 is 9.47 Å². The van der Waals surface area contributed by atoms with Crippen LogP contribution in [0.5, 0.6) is 11.5 Å². The van der Waals surface area contributed by atoms with E-state index in [1.807, 2.05) is 0 Å². The van der Waals surface area contributed by atoms with Gasteiger partial charge in [-0.1, -0.05) is 0 Å². The molecule has 0 bridgehead atoms. The second kappa shape index (κ2) is 9.86. The number of halogens is 6. The molecule has 166 valence electrons. The van der Waals surface area contributed by atoms with Crippen LogP contribution in [0.2, 0.25) is 0 Å². The summed E-state index contributed by atoms with van der Waals surface area (Å²) in [6.45, 7) is 3.85. The average Bonchev–Trinajstić information content (AvgIpc) is 2.69. The first-order valence-electron chi connectivity index (χ1n) is 8.50. The van der Waals surface area contributed by atoms with Gasteiger partial charge in [0.2, 0.25) is 11.7 Å². The maximum Gasteiger partial charge on any atom is 0.308 e. The first-order chi connectivity index (χ1) is 14.5. The van der Waals surface area contributed by atoms with Gasteiger partial charge >= 0.3 is 5.97 Å². The Hall–Kier alpha value is -3.02. The Kier molecular flexibility index (Phi) is 7.71. The zero-order valence-electron chi connectivity index (χ0n) is 16.2. The van der Waals surface area contributed by atoms with Gasteiger partial charge in [0, 0.05) is 23.9 Å². The third-order valence-electron chi connectivity index (χ3n) is 3.63. The van der Waals surface area contributed by atoms with Gasteiger partial charge in [-0.05, 0) is 35.0 Å². The molecule has 0 atom stereocenters. The first kappa shape index (κ1) is 24.3. The van der Waals surface area contributed by atoms with Crippen molar-refractivity contribution in [1.82, 2.24) is 0 Å². The lowest BCUT2D eigenvalue weighted by Gasteiger charge is -2.18. The summed E-state index contributed by atoms with van der Waals surface area (Å²) in [5.41, 5.74) is -1.35. The molecule has 0 heterocycles. The summed E-state index contributed by atoms with van der Waals surface area (Å²) in [5.74, 6) is -12.8. The molecule has 31 heavy (non-hydrogen) atoms. The zero-order chi connectivity index (χ0) is 23.5. The molecular weight excluding hydrogens is 495 g/mol. The Labute approximate surface area is 181 Å². The number of amides is 1. The Morgan fingerprint density at radius 3 is 2.03 bits per heavy atom. The van der Waals surface area contributed by atoms with Gasteiger partial charge in [-0.25, -0.2) is 22.0 Å². The number of benzene rings is 2. The van der Waals surface area contributed by atoms with Gasteiger partial charge in [-0.2, -0.15) is 10.1 Å². The molecular formula is C19H14BrF5N2O4. The number of anilines is 1. The number of nitrogens with zero attached hydrogens (tertiary/aromatic N) is 2. The van der Waals surface area contributed by atoms with E-state index in [4.69, 9.17) is 9.47 Å². The SMILES string of the molecule is CCOc1cc(/C=N/N(C(C)=O)c2c(F)c(F)c(F)c(F)c2F)c(Br)cc1OC(C)=O. The number of hydrogen-bond donors (Lipinski definition) is 0. The second-order valence-electron chi connectivity index (χ2n) is 5.84. The van der Waals surface area contributed by atoms with E-state index in [2.05, 4.69) is 21.0 Å². The smallest absolute Gasteiger partial charge is 0.308 e. The number of carbonyl (C=O) groups is 2. The Balaban J connectivity index is 2.57. The standard InChI is InChI=1S/C19H14BrF5N2O4/c1-4-30-12-5-10(11(20)6-13(12)31-9(3)29)7-26-27(8(2)28)19-17(24)15(22)14(21)16(23)18(19)25/h5-7H,4H2,1-3H3/b26-7+. The van der Waals surface area contributed by atoms with Crippen LogP contribution in [0, 0.1) is 29.1 Å². The van der Waals surface area contributed by atoms with Gasteiger partial charge in [0.25, 0.3) is 0 Å². The van der Waals surface area contributed by atoms with Crippen molar-refractivity contribution in [2.75, 3.05) is 11.6 Å². The van der Waals surface area contributed by atoms with E-state index in [1.165, 1.54) is 19.1 Å². The van der Waals surface area contributed by atoms with Crippen LogP contribution in [0.4, 0.5) is 27.6 Å². The number of carbonyl (C=O) groups excluding carboxylic acids is 2. The molecule has 1 amide bonds. The molecule has 2 aromatic carbocycles. The minimum atomic E-state index is -2.36. The molecule has 0 unspecified atom stereocenters. The third kappa shape index (κ3) is 5.19. The molecule has 0 saturated heterocycles. The third-order valence-corrected chi connectivity index (χ3v) is 4.31. The molecule has 0 aliphatic carbocycles. The van der Waals surface area contributed by atoms with Crippen LogP contribution in [-0.2, 0) is 9.59 Å². The lowest BCUT2D eigenvalue weighted by molar-refractivity contribution is -0.132. The number of esters is 1. The monoisotopic (exact) mass is 508 g/mol. The van der Waals surface area contributed by atoms with Crippen LogP contribution in [0.15, 0.2) is 21.7 Å². The van der Waals surface area contributed by atoms with Crippen molar-refractivity contribution < 1.29 is 41.0 Å². The molecule has 0 spiro atoms. The van der Waals surface area contributed by atoms with Crippen molar-refractivity contribution in [3.05, 3.63) is 51.3 Å². The van der Waals surface area contributed by atoms with Crippen LogP contribution in [-0.4, -0.2) is 24.7 Å². The van der Waals surface area contributed by atoms with E-state index in [0.717, 1.165) is 13.1 Å². The van der Waals surface area contributed by atoms with E-state index in [0.29, 0.717) is 0 Å². The fraction of sp³-hybridized carbons (Fsp3) is 0.211. The van der Waals surface area contributed by atoms with Gasteiger partial charge in [-0.15, -0.1) is 0 Å². The average molecular weight is 509 g/mol. The summed E-state index contributed by atoms with van der Waals surface area (Å²) in [4.78, 5) is 23.1. The first-order valence-corrected chi connectivity index (χ1v) is 9.29. The molecule has 12 heteroatoms. The Morgan fingerprint density at radius 2 is 1.55 bits per heavy atom. The highest BCUT2D eigenvalue weighted by Crippen LogP contribution is 2.34. The summed E-state index contributed by atoms with van der Waals surface area (Å²) >= 11 is 3.17. The van der Waals surface area contributed by atoms with E-state index in [1.54, 1.807) is 6.92 Å². The maximum absolute atomic E-state index is 14.1. The molecule has 0 aliphatic heterocycles. The summed E-state index contributed by atoms with van der Waals surface area (Å²) in [7, 11) is 0. The van der Waals surface area contributed by atoms with E-state index >= 15 is 0 Å². The summed E-state index contributed by atoms with van der Waals surface area (Å²) < 4.78 is 79.1. The van der Waals surface area contributed by atoms with Crippen molar-refractivity contribution >= 4 is 39.7 Å². The largest absolute Gasteiger partial charge is 0.490 e. The molecule has 0 N–H and O–H groups in total.